The summed E-state index contributed by atoms with van der Waals surface area (Å²) in [5.41, 5.74) is 1.67. The van der Waals surface area contributed by atoms with Gasteiger partial charge in [0, 0.05) is 26.8 Å². The van der Waals surface area contributed by atoms with Crippen molar-refractivity contribution < 1.29 is 13.2 Å². The van der Waals surface area contributed by atoms with Gasteiger partial charge in [-0.3, -0.25) is 4.79 Å². The summed E-state index contributed by atoms with van der Waals surface area (Å²) in [6, 6.07) is 7.31. The predicted octanol–water partition coefficient (Wildman–Crippen LogP) is 0.672. The fraction of sp³-hybridized carbons (Fsp3) is 0.417. The highest BCUT2D eigenvalue weighted by Crippen LogP contribution is 2.09. The lowest BCUT2D eigenvalue weighted by molar-refractivity contribution is -0.116. The third-order valence-corrected chi connectivity index (χ3v) is 4.36. The number of hydrogen-bond acceptors (Lipinski definition) is 3. The molecule has 0 atom stereocenters. The third-order valence-electron chi connectivity index (χ3n) is 2.52. The van der Waals surface area contributed by atoms with Gasteiger partial charge >= 0.3 is 0 Å². The highest BCUT2D eigenvalue weighted by Gasteiger charge is 2.22. The van der Waals surface area contributed by atoms with Gasteiger partial charge in [0.2, 0.25) is 5.91 Å². The van der Waals surface area contributed by atoms with Crippen molar-refractivity contribution in [2.45, 2.75) is 6.92 Å². The highest BCUT2D eigenvalue weighted by molar-refractivity contribution is 7.86. The zero-order chi connectivity index (χ0) is 14.6. The molecule has 0 fully saturated rings. The largest absolute Gasteiger partial charge is 0.325 e. The summed E-state index contributed by atoms with van der Waals surface area (Å²) in [5, 5.41) is 2.66. The lowest BCUT2D eigenvalue weighted by Gasteiger charge is -2.20. The molecule has 0 radical (unpaired) electrons. The number of likely N-dealkylation sites (N-methyl/N-ethyl adjacent to an activating group) is 1. The Balaban J connectivity index is 2.66. The molecular formula is C12H19N3O3S. The first kappa shape index (κ1) is 15.6. The number of hydrogen-bond donors (Lipinski definition) is 1. The summed E-state index contributed by atoms with van der Waals surface area (Å²) >= 11 is 0. The van der Waals surface area contributed by atoms with Crippen LogP contribution in [0.2, 0.25) is 0 Å². The molecule has 1 aromatic rings. The first-order chi connectivity index (χ1) is 8.73. The number of carbonyl (C=O) groups excluding carboxylic acids is 1. The van der Waals surface area contributed by atoms with E-state index in [0.717, 1.165) is 14.2 Å². The fourth-order valence-electron chi connectivity index (χ4n) is 1.49. The van der Waals surface area contributed by atoms with Gasteiger partial charge in [0.25, 0.3) is 10.2 Å². The maximum atomic E-state index is 11.8. The first-order valence-corrected chi connectivity index (χ1v) is 7.13. The van der Waals surface area contributed by atoms with Crippen molar-refractivity contribution in [3.8, 4) is 0 Å². The van der Waals surface area contributed by atoms with E-state index in [0.29, 0.717) is 5.69 Å². The molecule has 106 valence electrons. The van der Waals surface area contributed by atoms with Crippen LogP contribution in [0.3, 0.4) is 0 Å². The van der Waals surface area contributed by atoms with Crippen molar-refractivity contribution in [1.82, 2.24) is 8.61 Å². The van der Waals surface area contributed by atoms with Gasteiger partial charge in [-0.25, -0.2) is 0 Å². The molecule has 0 bridgehead atoms. The van der Waals surface area contributed by atoms with Crippen LogP contribution in [0.25, 0.3) is 0 Å². The third kappa shape index (κ3) is 4.30. The molecule has 19 heavy (non-hydrogen) atoms. The van der Waals surface area contributed by atoms with Crippen LogP contribution in [0.4, 0.5) is 5.69 Å². The van der Waals surface area contributed by atoms with E-state index in [1.165, 1.54) is 21.1 Å². The zero-order valence-electron chi connectivity index (χ0n) is 11.5. The number of nitrogens with one attached hydrogen (secondary N) is 1. The number of anilines is 1. The highest BCUT2D eigenvalue weighted by atomic mass is 32.2. The van der Waals surface area contributed by atoms with Crippen molar-refractivity contribution in [3.05, 3.63) is 29.8 Å². The molecule has 6 nitrogen and oxygen atoms in total. The molecule has 0 aliphatic rings. The van der Waals surface area contributed by atoms with Crippen LogP contribution in [0.1, 0.15) is 5.56 Å². The van der Waals surface area contributed by atoms with E-state index >= 15 is 0 Å². The molecule has 1 N–H and O–H groups in total. The molecule has 0 aromatic heterocycles. The molecule has 1 aromatic carbocycles. The van der Waals surface area contributed by atoms with Gasteiger partial charge in [-0.15, -0.1) is 0 Å². The Morgan fingerprint density at radius 1 is 1.26 bits per heavy atom. The second-order valence-electron chi connectivity index (χ2n) is 4.46. The van der Waals surface area contributed by atoms with Crippen LogP contribution >= 0.6 is 0 Å². The molecule has 0 heterocycles. The van der Waals surface area contributed by atoms with E-state index in [1.54, 1.807) is 6.07 Å². The van der Waals surface area contributed by atoms with Crippen molar-refractivity contribution in [2.24, 2.45) is 0 Å². The molecule has 0 saturated heterocycles. The van der Waals surface area contributed by atoms with E-state index in [2.05, 4.69) is 5.32 Å². The number of benzene rings is 1. The van der Waals surface area contributed by atoms with Crippen molar-refractivity contribution in [2.75, 3.05) is 33.0 Å². The number of aryl methyl sites for hydroxylation is 1. The number of nitrogens with zero attached hydrogens (tertiary/aromatic N) is 2. The van der Waals surface area contributed by atoms with E-state index in [9.17, 15) is 13.2 Å². The summed E-state index contributed by atoms with van der Waals surface area (Å²) in [6.07, 6.45) is 0. The van der Waals surface area contributed by atoms with E-state index in [1.807, 2.05) is 25.1 Å². The van der Waals surface area contributed by atoms with E-state index in [4.69, 9.17) is 0 Å². The summed E-state index contributed by atoms with van der Waals surface area (Å²) in [7, 11) is 0.641. The summed E-state index contributed by atoms with van der Waals surface area (Å²) < 4.78 is 25.5. The smallest absolute Gasteiger partial charge is 0.281 e. The molecule has 0 aliphatic carbocycles. The minimum absolute atomic E-state index is 0.228. The monoisotopic (exact) mass is 285 g/mol. The number of rotatable bonds is 5. The van der Waals surface area contributed by atoms with Gasteiger partial charge in [0.05, 0.1) is 6.54 Å². The van der Waals surface area contributed by atoms with E-state index < -0.39 is 10.2 Å². The zero-order valence-corrected chi connectivity index (χ0v) is 12.4. The molecule has 7 heteroatoms. The first-order valence-electron chi connectivity index (χ1n) is 5.74. The molecular weight excluding hydrogens is 266 g/mol. The Bertz CT molecular complexity index is 555. The van der Waals surface area contributed by atoms with Crippen LogP contribution in [0, 0.1) is 6.92 Å². The number of amides is 1. The van der Waals surface area contributed by atoms with E-state index in [-0.39, 0.29) is 12.5 Å². The van der Waals surface area contributed by atoms with Crippen LogP contribution in [-0.4, -0.2) is 50.6 Å². The molecule has 0 saturated carbocycles. The second kappa shape index (κ2) is 6.14. The molecule has 1 amide bonds. The van der Waals surface area contributed by atoms with Gasteiger partial charge in [-0.1, -0.05) is 12.1 Å². The summed E-state index contributed by atoms with van der Waals surface area (Å²) in [4.78, 5) is 11.8. The van der Waals surface area contributed by atoms with Gasteiger partial charge < -0.3 is 5.32 Å². The average molecular weight is 285 g/mol. The molecule has 1 rings (SSSR count). The lowest BCUT2D eigenvalue weighted by atomic mass is 10.2. The van der Waals surface area contributed by atoms with Crippen molar-refractivity contribution in [3.63, 3.8) is 0 Å². The minimum Gasteiger partial charge on any atom is -0.325 e. The van der Waals surface area contributed by atoms with Gasteiger partial charge in [-0.05, 0) is 24.6 Å². The van der Waals surface area contributed by atoms with Gasteiger partial charge in [0.15, 0.2) is 0 Å². The SMILES string of the molecule is Cc1cccc(NC(=O)CN(C)S(=O)(=O)N(C)C)c1. The Hall–Kier alpha value is -1.44. The van der Waals surface area contributed by atoms with Crippen LogP contribution < -0.4 is 5.32 Å². The maximum absolute atomic E-state index is 11.8. The Morgan fingerprint density at radius 3 is 2.42 bits per heavy atom. The molecule has 0 unspecified atom stereocenters. The number of carbonyl (C=O) groups is 1. The predicted molar refractivity (Wildman–Crippen MR) is 75.0 cm³/mol. The van der Waals surface area contributed by atoms with Crippen molar-refractivity contribution in [1.29, 1.82) is 0 Å². The summed E-state index contributed by atoms with van der Waals surface area (Å²) in [6.45, 7) is 1.69. The van der Waals surface area contributed by atoms with Crippen LogP contribution in [0.5, 0.6) is 0 Å². The van der Waals surface area contributed by atoms with Crippen LogP contribution in [0.15, 0.2) is 24.3 Å². The van der Waals surface area contributed by atoms with Gasteiger partial charge in [0.1, 0.15) is 0 Å². The average Bonchev–Trinajstić information content (AvgIpc) is 2.28. The lowest BCUT2D eigenvalue weighted by Crippen LogP contribution is -2.41. The summed E-state index contributed by atoms with van der Waals surface area (Å²) in [5.74, 6) is -0.376. The maximum Gasteiger partial charge on any atom is 0.281 e. The van der Waals surface area contributed by atoms with Crippen molar-refractivity contribution >= 4 is 21.8 Å². The fourth-order valence-corrected chi connectivity index (χ4v) is 2.32. The van der Waals surface area contributed by atoms with Crippen LogP contribution in [-0.2, 0) is 15.0 Å². The second-order valence-corrected chi connectivity index (χ2v) is 6.71. The Labute approximate surface area is 114 Å². The minimum atomic E-state index is -3.57. The normalized spacial score (nSPS) is 11.9. The molecule has 0 spiro atoms. The Kier molecular flexibility index (Phi) is 5.04. The standard InChI is InChI=1S/C12H19N3O3S/c1-10-6-5-7-11(8-10)13-12(16)9-15(4)19(17,18)14(2)3/h5-8H,9H2,1-4H3,(H,13,16). The topological polar surface area (TPSA) is 69.7 Å². The quantitative estimate of drug-likeness (QED) is 0.864. The van der Waals surface area contributed by atoms with Gasteiger partial charge in [-0.2, -0.15) is 17.0 Å². The molecule has 0 aliphatic heterocycles. The Morgan fingerprint density at radius 2 is 1.89 bits per heavy atom.